The molecule has 3 unspecified atom stereocenters. The molecule has 3 nitrogen and oxygen atoms in total. The van der Waals surface area contributed by atoms with E-state index >= 15 is 0 Å². The minimum atomic E-state index is -1.30. The van der Waals surface area contributed by atoms with E-state index in [1.165, 1.54) is 0 Å². The highest BCUT2D eigenvalue weighted by molar-refractivity contribution is 5.12. The second-order valence-electron chi connectivity index (χ2n) is 9.40. The molecule has 0 heterocycles. The zero-order chi connectivity index (χ0) is 16.6. The first-order valence-corrected chi connectivity index (χ1v) is 9.47. The molecule has 10 atom stereocenters. The quantitative estimate of drug-likeness (QED) is 0.641. The summed E-state index contributed by atoms with van der Waals surface area (Å²) in [4.78, 5) is 0. The predicted octanol–water partition coefficient (Wildman–Crippen LogP) is 2.67. The molecule has 4 heteroatoms. The van der Waals surface area contributed by atoms with Crippen LogP contribution in [0.4, 0.5) is 4.39 Å². The highest BCUT2D eigenvalue weighted by Crippen LogP contribution is 2.66. The van der Waals surface area contributed by atoms with Crippen LogP contribution < -0.4 is 0 Å². The summed E-state index contributed by atoms with van der Waals surface area (Å²) in [6.07, 6.45) is 2.80. The first-order chi connectivity index (χ1) is 10.8. The van der Waals surface area contributed by atoms with E-state index in [2.05, 4.69) is 13.8 Å². The SMILES string of the molecule is C[C@]12CC[C@H]3[C@@H](CC(O)C4C(F)[C@@H](O)CC[C@@]43C)[C@@H]1CC[C@@H]2O. The third-order valence-corrected chi connectivity index (χ3v) is 8.61. The minimum absolute atomic E-state index is 0.0205. The van der Waals surface area contributed by atoms with E-state index in [4.69, 9.17) is 0 Å². The number of fused-ring (bicyclic) bond motifs is 5. The maximum absolute atomic E-state index is 14.7. The molecule has 4 saturated carbocycles. The molecule has 4 aliphatic rings. The summed E-state index contributed by atoms with van der Waals surface area (Å²) in [6.45, 7) is 4.37. The molecule has 0 aromatic heterocycles. The Morgan fingerprint density at radius 1 is 0.826 bits per heavy atom. The van der Waals surface area contributed by atoms with Gasteiger partial charge in [0.05, 0.1) is 18.3 Å². The van der Waals surface area contributed by atoms with Crippen molar-refractivity contribution >= 4 is 0 Å². The Labute approximate surface area is 138 Å². The fourth-order valence-corrected chi connectivity index (χ4v) is 7.31. The van der Waals surface area contributed by atoms with Crippen LogP contribution in [0, 0.1) is 34.5 Å². The van der Waals surface area contributed by atoms with Gasteiger partial charge in [0.1, 0.15) is 6.17 Å². The first kappa shape index (κ1) is 16.3. The van der Waals surface area contributed by atoms with Crippen LogP contribution >= 0.6 is 0 Å². The van der Waals surface area contributed by atoms with Crippen LogP contribution in [0.15, 0.2) is 0 Å². The minimum Gasteiger partial charge on any atom is -0.393 e. The summed E-state index contributed by atoms with van der Waals surface area (Å²) in [5.41, 5.74) is -0.233. The van der Waals surface area contributed by atoms with Gasteiger partial charge in [0, 0.05) is 5.92 Å². The summed E-state index contributed by atoms with van der Waals surface area (Å²) in [5.74, 6) is 0.839. The summed E-state index contributed by atoms with van der Waals surface area (Å²) in [7, 11) is 0. The Kier molecular flexibility index (Phi) is 3.65. The van der Waals surface area contributed by atoms with Crippen LogP contribution in [0.3, 0.4) is 0 Å². The first-order valence-electron chi connectivity index (χ1n) is 9.47. The average molecular weight is 326 g/mol. The lowest BCUT2D eigenvalue weighted by Crippen LogP contribution is -2.62. The molecule has 0 aliphatic heterocycles. The van der Waals surface area contributed by atoms with Gasteiger partial charge in [0.15, 0.2) is 0 Å². The molecular weight excluding hydrogens is 295 g/mol. The molecule has 23 heavy (non-hydrogen) atoms. The lowest BCUT2D eigenvalue weighted by molar-refractivity contribution is -0.199. The third-order valence-electron chi connectivity index (χ3n) is 8.61. The summed E-state index contributed by atoms with van der Waals surface area (Å²) < 4.78 is 14.7. The van der Waals surface area contributed by atoms with Crippen molar-refractivity contribution in [2.24, 2.45) is 34.5 Å². The third kappa shape index (κ3) is 2.04. The highest BCUT2D eigenvalue weighted by Gasteiger charge is 2.63. The Hall–Kier alpha value is -0.190. The molecule has 132 valence electrons. The van der Waals surface area contributed by atoms with Gasteiger partial charge in [0.25, 0.3) is 0 Å². The Morgan fingerprint density at radius 2 is 1.48 bits per heavy atom. The van der Waals surface area contributed by atoms with Gasteiger partial charge < -0.3 is 15.3 Å². The fourth-order valence-electron chi connectivity index (χ4n) is 7.31. The van der Waals surface area contributed by atoms with E-state index in [9.17, 15) is 19.7 Å². The van der Waals surface area contributed by atoms with Crippen molar-refractivity contribution in [3.05, 3.63) is 0 Å². The molecule has 0 aromatic rings. The number of aliphatic hydroxyl groups is 3. The van der Waals surface area contributed by atoms with Gasteiger partial charge in [-0.3, -0.25) is 0 Å². The Bertz CT molecular complexity index is 485. The zero-order valence-corrected chi connectivity index (χ0v) is 14.3. The van der Waals surface area contributed by atoms with Gasteiger partial charge in [-0.05, 0) is 73.5 Å². The Balaban J connectivity index is 1.68. The van der Waals surface area contributed by atoms with Crippen LogP contribution in [0.5, 0.6) is 0 Å². The molecule has 0 amide bonds. The lowest BCUT2D eigenvalue weighted by Gasteiger charge is -2.62. The molecule has 4 aliphatic carbocycles. The van der Waals surface area contributed by atoms with E-state index in [1.54, 1.807) is 0 Å². The molecular formula is C19H31FO3. The van der Waals surface area contributed by atoms with Crippen molar-refractivity contribution in [1.82, 2.24) is 0 Å². The van der Waals surface area contributed by atoms with E-state index < -0.39 is 24.3 Å². The van der Waals surface area contributed by atoms with E-state index in [0.717, 1.165) is 32.1 Å². The van der Waals surface area contributed by atoms with Crippen molar-refractivity contribution in [3.8, 4) is 0 Å². The molecule has 0 aromatic carbocycles. The second-order valence-corrected chi connectivity index (χ2v) is 9.40. The van der Waals surface area contributed by atoms with Crippen molar-refractivity contribution in [3.63, 3.8) is 0 Å². The van der Waals surface area contributed by atoms with Gasteiger partial charge >= 0.3 is 0 Å². The topological polar surface area (TPSA) is 60.7 Å². The number of halogens is 1. The van der Waals surface area contributed by atoms with Gasteiger partial charge in [0.2, 0.25) is 0 Å². The number of rotatable bonds is 0. The molecule has 4 fully saturated rings. The van der Waals surface area contributed by atoms with Crippen molar-refractivity contribution in [2.45, 2.75) is 83.3 Å². The largest absolute Gasteiger partial charge is 0.393 e. The van der Waals surface area contributed by atoms with E-state index in [0.29, 0.717) is 30.6 Å². The summed E-state index contributed by atoms with van der Waals surface area (Å²) >= 11 is 0. The van der Waals surface area contributed by atoms with Gasteiger partial charge in [-0.25, -0.2) is 4.39 Å². The molecule has 4 rings (SSSR count). The summed E-state index contributed by atoms with van der Waals surface area (Å²) in [6, 6.07) is 0. The van der Waals surface area contributed by atoms with Crippen LogP contribution in [-0.4, -0.2) is 39.8 Å². The number of hydrogen-bond acceptors (Lipinski definition) is 3. The molecule has 0 bridgehead atoms. The maximum Gasteiger partial charge on any atom is 0.132 e. The maximum atomic E-state index is 14.7. The number of alkyl halides is 1. The van der Waals surface area contributed by atoms with Crippen molar-refractivity contribution in [1.29, 1.82) is 0 Å². The monoisotopic (exact) mass is 326 g/mol. The standard InChI is InChI=1S/C19H31FO3/c1-18-7-5-12-10(11(18)3-4-15(18)23)9-14(22)16-17(20)13(21)6-8-19(12,16)2/h10-17,21-23H,3-9H2,1-2H3/t10-,11-,12-,13-,14?,15-,16?,17?,18-,19+/m0/s1. The second kappa shape index (κ2) is 5.15. The van der Waals surface area contributed by atoms with Crippen LogP contribution in [0.2, 0.25) is 0 Å². The fraction of sp³-hybridized carbons (Fsp3) is 1.00. The summed E-state index contributed by atoms with van der Waals surface area (Å²) in [5, 5.41) is 31.2. The molecule has 3 N–H and O–H groups in total. The van der Waals surface area contributed by atoms with Crippen LogP contribution in [-0.2, 0) is 0 Å². The van der Waals surface area contributed by atoms with Crippen molar-refractivity contribution in [2.75, 3.05) is 0 Å². The normalized spacial score (nSPS) is 62.3. The smallest absolute Gasteiger partial charge is 0.132 e. The van der Waals surface area contributed by atoms with Crippen molar-refractivity contribution < 1.29 is 19.7 Å². The van der Waals surface area contributed by atoms with Gasteiger partial charge in [-0.2, -0.15) is 0 Å². The number of hydrogen-bond donors (Lipinski definition) is 3. The van der Waals surface area contributed by atoms with Crippen LogP contribution in [0.25, 0.3) is 0 Å². The molecule has 0 radical (unpaired) electrons. The average Bonchev–Trinajstić information content (AvgIpc) is 2.79. The van der Waals surface area contributed by atoms with E-state index in [1.807, 2.05) is 0 Å². The molecule has 0 spiro atoms. The Morgan fingerprint density at radius 3 is 2.22 bits per heavy atom. The highest BCUT2D eigenvalue weighted by atomic mass is 19.1. The van der Waals surface area contributed by atoms with Gasteiger partial charge in [-0.15, -0.1) is 0 Å². The zero-order valence-electron chi connectivity index (χ0n) is 14.3. The predicted molar refractivity (Wildman–Crippen MR) is 85.4 cm³/mol. The number of aliphatic hydroxyl groups excluding tert-OH is 3. The molecule has 0 saturated heterocycles. The van der Waals surface area contributed by atoms with Gasteiger partial charge in [-0.1, -0.05) is 13.8 Å². The van der Waals surface area contributed by atoms with Crippen LogP contribution in [0.1, 0.15) is 58.8 Å². The lowest BCUT2D eigenvalue weighted by atomic mass is 9.44. The van der Waals surface area contributed by atoms with E-state index in [-0.39, 0.29) is 16.9 Å².